The molecule has 1 N–H and O–H groups in total. The van der Waals surface area contributed by atoms with Gasteiger partial charge in [0.2, 0.25) is 0 Å². The molecule has 0 saturated heterocycles. The molecule has 6 heteroatoms. The van der Waals surface area contributed by atoms with Crippen molar-refractivity contribution in [2.45, 2.75) is 72.3 Å². The normalized spacial score (nSPS) is 12.2. The predicted octanol–water partition coefficient (Wildman–Crippen LogP) is 7.54. The lowest BCUT2D eigenvalue weighted by atomic mass is 9.86. The van der Waals surface area contributed by atoms with E-state index < -0.39 is 0 Å². The Hall–Kier alpha value is -3.12. The van der Waals surface area contributed by atoms with E-state index in [1.165, 1.54) is 40.7 Å². The first-order valence-electron chi connectivity index (χ1n) is 12.9. The molecule has 0 aliphatic heterocycles. The summed E-state index contributed by atoms with van der Waals surface area (Å²) in [6.07, 6.45) is 1.82. The number of hydrogen-bond donors (Lipinski definition) is 1. The Morgan fingerprint density at radius 2 is 1.68 bits per heavy atom. The lowest BCUT2D eigenvalue weighted by Gasteiger charge is -2.22. The molecule has 198 valence electrons. The van der Waals surface area contributed by atoms with Gasteiger partial charge < -0.3 is 14.8 Å². The van der Waals surface area contributed by atoms with Crippen LogP contribution in [0, 0.1) is 13.8 Å². The van der Waals surface area contributed by atoms with E-state index in [9.17, 15) is 9.59 Å². The Morgan fingerprint density at radius 3 is 2.30 bits per heavy atom. The zero-order valence-corrected chi connectivity index (χ0v) is 23.9. The van der Waals surface area contributed by atoms with Crippen molar-refractivity contribution in [3.8, 4) is 16.9 Å². The van der Waals surface area contributed by atoms with Crippen molar-refractivity contribution in [3.05, 3.63) is 75.0 Å². The fraction of sp³-hybridized carbons (Fsp3) is 0.419. The maximum Gasteiger partial charge on any atom is 0.307 e. The van der Waals surface area contributed by atoms with Gasteiger partial charge in [-0.05, 0) is 71.7 Å². The highest BCUT2D eigenvalue weighted by atomic mass is 32.1. The molecule has 0 fully saturated rings. The van der Waals surface area contributed by atoms with Gasteiger partial charge in [0.25, 0.3) is 5.91 Å². The second kappa shape index (κ2) is 12.4. The number of carbonyl (C=O) groups excluding carboxylic acids is 2. The monoisotopic (exact) mass is 521 g/mol. The van der Waals surface area contributed by atoms with E-state index in [0.717, 1.165) is 29.0 Å². The minimum atomic E-state index is -0.345. The minimum absolute atomic E-state index is 0.126. The summed E-state index contributed by atoms with van der Waals surface area (Å²) in [5.74, 6) is 0.329. The van der Waals surface area contributed by atoms with Crippen LogP contribution in [0.2, 0.25) is 0 Å². The average Bonchev–Trinajstić information content (AvgIpc) is 3.36. The Bertz CT molecular complexity index is 1220. The van der Waals surface area contributed by atoms with Crippen molar-refractivity contribution >= 4 is 23.2 Å². The van der Waals surface area contributed by atoms with Crippen molar-refractivity contribution in [2.75, 3.05) is 13.7 Å². The van der Waals surface area contributed by atoms with Gasteiger partial charge >= 0.3 is 5.97 Å². The molecule has 1 amide bonds. The highest BCUT2D eigenvalue weighted by Crippen LogP contribution is 2.37. The van der Waals surface area contributed by atoms with Gasteiger partial charge in [0.05, 0.1) is 18.4 Å². The van der Waals surface area contributed by atoms with Crippen LogP contribution in [0.5, 0.6) is 5.75 Å². The van der Waals surface area contributed by atoms with Crippen molar-refractivity contribution < 1.29 is 19.1 Å². The van der Waals surface area contributed by atoms with Gasteiger partial charge in [-0.2, -0.15) is 0 Å². The smallest absolute Gasteiger partial charge is 0.307 e. The third-order valence-electron chi connectivity index (χ3n) is 6.63. The first kappa shape index (κ1) is 28.5. The maximum absolute atomic E-state index is 12.5. The topological polar surface area (TPSA) is 64.6 Å². The zero-order chi connectivity index (χ0) is 27.2. The van der Waals surface area contributed by atoms with Gasteiger partial charge in [-0.25, -0.2) is 0 Å². The van der Waals surface area contributed by atoms with E-state index in [4.69, 9.17) is 4.74 Å². The number of carbonyl (C=O) groups is 2. The van der Waals surface area contributed by atoms with Gasteiger partial charge in [-0.3, -0.25) is 9.59 Å². The van der Waals surface area contributed by atoms with E-state index in [2.05, 4.69) is 88.0 Å². The molecule has 0 spiro atoms. The highest BCUT2D eigenvalue weighted by Gasteiger charge is 2.20. The molecule has 5 nitrogen and oxygen atoms in total. The van der Waals surface area contributed by atoms with Crippen molar-refractivity contribution in [3.63, 3.8) is 0 Å². The largest absolute Gasteiger partial charge is 0.485 e. The van der Waals surface area contributed by atoms with Crippen LogP contribution < -0.4 is 10.1 Å². The number of nitrogens with one attached hydrogen (secondary N) is 1. The summed E-state index contributed by atoms with van der Waals surface area (Å²) >= 11 is 1.43. The van der Waals surface area contributed by atoms with Gasteiger partial charge in [-0.15, -0.1) is 11.3 Å². The van der Waals surface area contributed by atoms with Gasteiger partial charge in [0.1, 0.15) is 11.9 Å². The number of thiophene rings is 1. The van der Waals surface area contributed by atoms with Gasteiger partial charge in [0.15, 0.2) is 0 Å². The number of hydrogen-bond acceptors (Lipinski definition) is 5. The molecule has 2 aromatic carbocycles. The van der Waals surface area contributed by atoms with E-state index >= 15 is 0 Å². The molecule has 0 aliphatic carbocycles. The Kier molecular flexibility index (Phi) is 9.55. The second-order valence-corrected chi connectivity index (χ2v) is 11.5. The molecule has 1 unspecified atom stereocenters. The SMILES string of the molecule is CCCC(Oc1ccc(-c2ccc(C(C)(C)C)cc2)c(C)c1C)c1ccc(C(=O)NCCC(=O)OC)s1. The van der Waals surface area contributed by atoms with E-state index in [-0.39, 0.29) is 36.4 Å². The summed E-state index contributed by atoms with van der Waals surface area (Å²) in [5, 5.41) is 2.78. The number of benzene rings is 2. The molecule has 0 aliphatic rings. The molecule has 1 atom stereocenters. The van der Waals surface area contributed by atoms with Crippen molar-refractivity contribution in [2.24, 2.45) is 0 Å². The first-order chi connectivity index (χ1) is 17.5. The highest BCUT2D eigenvalue weighted by molar-refractivity contribution is 7.14. The van der Waals surface area contributed by atoms with Crippen LogP contribution in [-0.2, 0) is 14.9 Å². The third-order valence-corrected chi connectivity index (χ3v) is 7.81. The molecule has 0 bridgehead atoms. The summed E-state index contributed by atoms with van der Waals surface area (Å²) in [7, 11) is 1.34. The van der Waals surface area contributed by atoms with Crippen molar-refractivity contribution in [1.29, 1.82) is 0 Å². The number of amides is 1. The van der Waals surface area contributed by atoms with Crippen LogP contribution in [0.15, 0.2) is 48.5 Å². The summed E-state index contributed by atoms with van der Waals surface area (Å²) < 4.78 is 11.2. The Balaban J connectivity index is 1.76. The standard InChI is InChI=1S/C31H39NO4S/c1-8-9-26(27-16-17-28(37-27)30(34)32-19-18-29(33)35-7)36-25-15-14-24(20(2)21(25)3)22-10-12-23(13-11-22)31(4,5)6/h10-17,26H,8-9,18-19H2,1-7H3,(H,32,34). The number of rotatable bonds is 10. The average molecular weight is 522 g/mol. The van der Waals surface area contributed by atoms with Crippen LogP contribution in [-0.4, -0.2) is 25.5 Å². The van der Waals surface area contributed by atoms with Crippen molar-refractivity contribution in [1.82, 2.24) is 5.32 Å². The quantitative estimate of drug-likeness (QED) is 0.280. The molecular weight excluding hydrogens is 482 g/mol. The number of esters is 1. The Morgan fingerprint density at radius 1 is 0.973 bits per heavy atom. The molecule has 0 radical (unpaired) electrons. The fourth-order valence-corrected chi connectivity index (χ4v) is 5.16. The molecule has 1 heterocycles. The van der Waals surface area contributed by atoms with Crippen LogP contribution >= 0.6 is 11.3 Å². The second-order valence-electron chi connectivity index (χ2n) is 10.4. The summed E-state index contributed by atoms with van der Waals surface area (Å²) in [5.41, 5.74) is 6.18. The molecule has 0 saturated carbocycles. The summed E-state index contributed by atoms with van der Waals surface area (Å²) in [6, 6.07) is 16.8. The molecular formula is C31H39NO4S. The molecule has 3 rings (SSSR count). The van der Waals surface area contributed by atoms with Crippen LogP contribution in [0.3, 0.4) is 0 Å². The van der Waals surface area contributed by atoms with Gasteiger partial charge in [-0.1, -0.05) is 64.4 Å². The maximum atomic E-state index is 12.5. The fourth-order valence-electron chi connectivity index (χ4n) is 4.18. The van der Waals surface area contributed by atoms with Crippen LogP contribution in [0.25, 0.3) is 11.1 Å². The molecule has 37 heavy (non-hydrogen) atoms. The number of methoxy groups -OCH3 is 1. The predicted molar refractivity (Wildman–Crippen MR) is 152 cm³/mol. The molecule has 1 aromatic heterocycles. The minimum Gasteiger partial charge on any atom is -0.485 e. The zero-order valence-electron chi connectivity index (χ0n) is 23.1. The molecule has 3 aromatic rings. The van der Waals surface area contributed by atoms with E-state index in [0.29, 0.717) is 4.88 Å². The summed E-state index contributed by atoms with van der Waals surface area (Å²) in [4.78, 5) is 25.4. The Labute approximate surface area is 225 Å². The number of ether oxygens (including phenoxy) is 2. The van der Waals surface area contributed by atoms with Crippen LogP contribution in [0.1, 0.15) is 84.3 Å². The lowest BCUT2D eigenvalue weighted by molar-refractivity contribution is -0.140. The first-order valence-corrected chi connectivity index (χ1v) is 13.7. The van der Waals surface area contributed by atoms with Crippen LogP contribution in [0.4, 0.5) is 0 Å². The van der Waals surface area contributed by atoms with E-state index in [1.54, 1.807) is 0 Å². The summed E-state index contributed by atoms with van der Waals surface area (Å²) in [6.45, 7) is 13.3. The van der Waals surface area contributed by atoms with Gasteiger partial charge in [0, 0.05) is 11.4 Å². The van der Waals surface area contributed by atoms with E-state index in [1.807, 2.05) is 12.1 Å². The lowest BCUT2D eigenvalue weighted by Crippen LogP contribution is -2.25. The third kappa shape index (κ3) is 7.22.